The fourth-order valence-corrected chi connectivity index (χ4v) is 5.25. The molecule has 156 valence electrons. The van der Waals surface area contributed by atoms with Gasteiger partial charge in [-0.25, -0.2) is 9.67 Å². The quantitative estimate of drug-likeness (QED) is 0.600. The summed E-state index contributed by atoms with van der Waals surface area (Å²) in [7, 11) is 1.86. The molecule has 0 bridgehead atoms. The van der Waals surface area contributed by atoms with Gasteiger partial charge in [0, 0.05) is 32.7 Å². The Morgan fingerprint density at radius 3 is 2.71 bits per heavy atom. The molecule has 4 rings (SSSR count). The van der Waals surface area contributed by atoms with Gasteiger partial charge in [-0.2, -0.15) is 5.10 Å². The minimum Gasteiger partial charge on any atom is -0.355 e. The van der Waals surface area contributed by atoms with Crippen LogP contribution in [0.1, 0.15) is 75.5 Å². The predicted octanol–water partition coefficient (Wildman–Crippen LogP) is 2.63. The molecule has 2 fully saturated rings. The van der Waals surface area contributed by atoms with Gasteiger partial charge in [-0.05, 0) is 57.9 Å². The second kappa shape index (κ2) is 9.25. The molecule has 7 nitrogen and oxygen atoms in total. The molecule has 0 spiro atoms. The van der Waals surface area contributed by atoms with Gasteiger partial charge in [-0.1, -0.05) is 19.3 Å². The van der Waals surface area contributed by atoms with E-state index in [1.807, 2.05) is 18.7 Å². The summed E-state index contributed by atoms with van der Waals surface area (Å²) in [6.45, 7) is 6.48. The summed E-state index contributed by atoms with van der Waals surface area (Å²) in [5, 5.41) is 11.7. The van der Waals surface area contributed by atoms with Crippen molar-refractivity contribution in [3.63, 3.8) is 0 Å². The lowest BCUT2D eigenvalue weighted by Gasteiger charge is -2.31. The van der Waals surface area contributed by atoms with Gasteiger partial charge in [-0.3, -0.25) is 9.89 Å². The van der Waals surface area contributed by atoms with E-state index < -0.39 is 0 Å². The van der Waals surface area contributed by atoms with Crippen LogP contribution in [0.5, 0.6) is 0 Å². The SMILES string of the molecule is CN=C(NCC1CCCN1CC1CCCCC1)NC1CCCn2nc(C)nc21. The molecule has 28 heavy (non-hydrogen) atoms. The Bertz CT molecular complexity index is 662. The number of hydrogen-bond donors (Lipinski definition) is 2. The molecular formula is C21H37N7. The van der Waals surface area contributed by atoms with E-state index in [2.05, 4.69) is 30.6 Å². The largest absolute Gasteiger partial charge is 0.355 e. The average Bonchev–Trinajstić information content (AvgIpc) is 3.31. The number of likely N-dealkylation sites (tertiary alicyclic amines) is 1. The van der Waals surface area contributed by atoms with Gasteiger partial charge in [-0.15, -0.1) is 0 Å². The number of nitrogens with zero attached hydrogens (tertiary/aromatic N) is 5. The standard InChI is InChI=1S/C21H37N7/c1-16-24-20-19(11-7-13-28(20)26-16)25-21(22-2)23-14-18-10-6-12-27(18)15-17-8-4-3-5-9-17/h17-19H,3-15H2,1-2H3,(H2,22,23,25). The maximum Gasteiger partial charge on any atom is 0.191 e. The summed E-state index contributed by atoms with van der Waals surface area (Å²) in [5.41, 5.74) is 0. The number of aryl methyl sites for hydroxylation is 2. The lowest BCUT2D eigenvalue weighted by molar-refractivity contribution is 0.188. The van der Waals surface area contributed by atoms with Gasteiger partial charge in [0.05, 0.1) is 6.04 Å². The van der Waals surface area contributed by atoms with Crippen LogP contribution in [0.4, 0.5) is 0 Å². The summed E-state index contributed by atoms with van der Waals surface area (Å²) >= 11 is 0. The van der Waals surface area contributed by atoms with Gasteiger partial charge >= 0.3 is 0 Å². The lowest BCUT2D eigenvalue weighted by atomic mass is 9.89. The van der Waals surface area contributed by atoms with Crippen LogP contribution in [0.2, 0.25) is 0 Å². The predicted molar refractivity (Wildman–Crippen MR) is 112 cm³/mol. The highest BCUT2D eigenvalue weighted by Crippen LogP contribution is 2.27. The Kier molecular flexibility index (Phi) is 6.50. The van der Waals surface area contributed by atoms with Gasteiger partial charge in [0.2, 0.25) is 0 Å². The molecule has 2 unspecified atom stereocenters. The number of rotatable bonds is 5. The Morgan fingerprint density at radius 2 is 1.89 bits per heavy atom. The number of aromatic nitrogens is 3. The van der Waals surface area contributed by atoms with Gasteiger partial charge < -0.3 is 10.6 Å². The highest BCUT2D eigenvalue weighted by Gasteiger charge is 2.28. The minimum atomic E-state index is 0.197. The second-order valence-corrected chi connectivity index (χ2v) is 8.83. The highest BCUT2D eigenvalue weighted by atomic mass is 15.4. The van der Waals surface area contributed by atoms with E-state index in [1.165, 1.54) is 58.0 Å². The Hall–Kier alpha value is -1.63. The van der Waals surface area contributed by atoms with Crippen molar-refractivity contribution in [3.05, 3.63) is 11.6 Å². The summed E-state index contributed by atoms with van der Waals surface area (Å²) < 4.78 is 2.05. The third-order valence-electron chi connectivity index (χ3n) is 6.74. The second-order valence-electron chi connectivity index (χ2n) is 8.83. The topological polar surface area (TPSA) is 70.4 Å². The molecule has 1 aliphatic carbocycles. The molecule has 0 radical (unpaired) electrons. The third kappa shape index (κ3) is 4.67. The van der Waals surface area contributed by atoms with E-state index in [1.54, 1.807) is 0 Å². The van der Waals surface area contributed by atoms with E-state index in [9.17, 15) is 0 Å². The van der Waals surface area contributed by atoms with Crippen LogP contribution in [0.3, 0.4) is 0 Å². The Labute approximate surface area is 169 Å². The van der Waals surface area contributed by atoms with Gasteiger partial charge in [0.15, 0.2) is 5.96 Å². The van der Waals surface area contributed by atoms with E-state index in [4.69, 9.17) is 0 Å². The van der Waals surface area contributed by atoms with E-state index in [-0.39, 0.29) is 6.04 Å². The van der Waals surface area contributed by atoms with Crippen LogP contribution < -0.4 is 10.6 Å². The van der Waals surface area contributed by atoms with Gasteiger partial charge in [0.1, 0.15) is 11.6 Å². The minimum absolute atomic E-state index is 0.197. The molecule has 0 aromatic carbocycles. The summed E-state index contributed by atoms with van der Waals surface area (Å²) in [5.74, 6) is 3.72. The summed E-state index contributed by atoms with van der Waals surface area (Å²) in [6.07, 6.45) is 12.0. The van der Waals surface area contributed by atoms with Crippen molar-refractivity contribution in [1.29, 1.82) is 0 Å². The maximum atomic E-state index is 4.63. The smallest absolute Gasteiger partial charge is 0.191 e. The fourth-order valence-electron chi connectivity index (χ4n) is 5.25. The van der Waals surface area contributed by atoms with Crippen LogP contribution in [0, 0.1) is 12.8 Å². The van der Waals surface area contributed by atoms with Crippen molar-refractivity contribution in [1.82, 2.24) is 30.3 Å². The molecule has 2 N–H and O–H groups in total. The van der Waals surface area contributed by atoms with E-state index in [0.29, 0.717) is 6.04 Å². The molecule has 7 heteroatoms. The zero-order valence-electron chi connectivity index (χ0n) is 17.7. The van der Waals surface area contributed by atoms with Crippen molar-refractivity contribution >= 4 is 5.96 Å². The molecule has 1 aromatic rings. The molecular weight excluding hydrogens is 350 g/mol. The van der Waals surface area contributed by atoms with Crippen molar-refractivity contribution in [2.75, 3.05) is 26.7 Å². The highest BCUT2D eigenvalue weighted by molar-refractivity contribution is 5.80. The molecule has 2 atom stereocenters. The van der Waals surface area contributed by atoms with Crippen molar-refractivity contribution in [2.45, 2.75) is 83.3 Å². The summed E-state index contributed by atoms with van der Waals surface area (Å²) in [6, 6.07) is 0.834. The van der Waals surface area contributed by atoms with Crippen LogP contribution in [-0.2, 0) is 6.54 Å². The van der Waals surface area contributed by atoms with Gasteiger partial charge in [0.25, 0.3) is 0 Å². The number of fused-ring (bicyclic) bond motifs is 1. The molecule has 1 saturated heterocycles. The molecule has 2 aliphatic heterocycles. The number of aliphatic imine (C=N–C) groups is 1. The van der Waals surface area contributed by atoms with E-state index in [0.717, 1.165) is 49.5 Å². The number of hydrogen-bond acceptors (Lipinski definition) is 4. The first-order valence-corrected chi connectivity index (χ1v) is 11.4. The molecule has 0 amide bonds. The van der Waals surface area contributed by atoms with Crippen molar-refractivity contribution in [2.24, 2.45) is 10.9 Å². The van der Waals surface area contributed by atoms with Crippen LogP contribution in [-0.4, -0.2) is 58.3 Å². The monoisotopic (exact) mass is 387 g/mol. The van der Waals surface area contributed by atoms with Crippen LogP contribution in [0.25, 0.3) is 0 Å². The molecule has 3 heterocycles. The van der Waals surface area contributed by atoms with Crippen molar-refractivity contribution < 1.29 is 0 Å². The zero-order valence-corrected chi connectivity index (χ0v) is 17.7. The zero-order chi connectivity index (χ0) is 19.3. The molecule has 1 saturated carbocycles. The van der Waals surface area contributed by atoms with Crippen LogP contribution >= 0.6 is 0 Å². The van der Waals surface area contributed by atoms with E-state index >= 15 is 0 Å². The average molecular weight is 388 g/mol. The number of guanidine groups is 1. The third-order valence-corrected chi connectivity index (χ3v) is 6.74. The summed E-state index contributed by atoms with van der Waals surface area (Å²) in [4.78, 5) is 11.8. The molecule has 1 aromatic heterocycles. The first kappa shape index (κ1) is 19.7. The Morgan fingerprint density at radius 1 is 1.07 bits per heavy atom. The van der Waals surface area contributed by atoms with Crippen LogP contribution in [0.15, 0.2) is 4.99 Å². The first-order chi connectivity index (χ1) is 13.7. The number of nitrogens with one attached hydrogen (secondary N) is 2. The normalized spacial score (nSPS) is 27.0. The maximum absolute atomic E-state index is 4.63. The molecule has 3 aliphatic rings. The lowest BCUT2D eigenvalue weighted by Crippen LogP contribution is -2.47. The van der Waals surface area contributed by atoms with Crippen molar-refractivity contribution in [3.8, 4) is 0 Å². The Balaban J connectivity index is 1.29. The first-order valence-electron chi connectivity index (χ1n) is 11.4. The fraction of sp³-hybridized carbons (Fsp3) is 0.857.